The number of nitrogen functional groups attached to an aromatic ring is 2. The third kappa shape index (κ3) is 3.36. The normalized spacial score (nSPS) is 8.36. The van der Waals surface area contributed by atoms with Crippen molar-refractivity contribution in [3.05, 3.63) is 12.1 Å². The van der Waals surface area contributed by atoms with Crippen molar-refractivity contribution in [2.75, 3.05) is 11.5 Å². The summed E-state index contributed by atoms with van der Waals surface area (Å²) >= 11 is 0.535. The molecule has 6 nitrogen and oxygen atoms in total. The summed E-state index contributed by atoms with van der Waals surface area (Å²) < 4.78 is 8.60. The van der Waals surface area contributed by atoms with Crippen LogP contribution < -0.4 is 11.5 Å². The first-order valence-electron chi connectivity index (χ1n) is 3.25. The quantitative estimate of drug-likeness (QED) is 0.306. The first-order chi connectivity index (χ1) is 6.56. The van der Waals surface area contributed by atoms with Crippen molar-refractivity contribution in [3.8, 4) is 5.75 Å². The van der Waals surface area contributed by atoms with E-state index in [9.17, 15) is 0 Å². The van der Waals surface area contributed by atoms with Gasteiger partial charge in [-0.05, 0) is 12.1 Å². The zero-order valence-electron chi connectivity index (χ0n) is 6.93. The lowest BCUT2D eigenvalue weighted by molar-refractivity contribution is -0.191. The highest BCUT2D eigenvalue weighted by Crippen LogP contribution is 2.31. The zero-order valence-corrected chi connectivity index (χ0v) is 7.75. The van der Waals surface area contributed by atoms with Crippen molar-refractivity contribution >= 4 is 29.6 Å². The molecule has 0 saturated carbocycles. The highest BCUT2D eigenvalue weighted by molar-refractivity contribution is 7.93. The van der Waals surface area contributed by atoms with Crippen molar-refractivity contribution in [2.45, 2.75) is 4.90 Å². The van der Waals surface area contributed by atoms with Crippen molar-refractivity contribution in [1.82, 2.24) is 0 Å². The van der Waals surface area contributed by atoms with E-state index >= 15 is 0 Å². The molecule has 0 bridgehead atoms. The Morgan fingerprint density at radius 2 is 1.57 bits per heavy atom. The summed E-state index contributed by atoms with van der Waals surface area (Å²) in [6, 6.07) is 2.88. The molecule has 0 saturated heterocycles. The highest BCUT2D eigenvalue weighted by atomic mass is 32.2. The van der Waals surface area contributed by atoms with Crippen LogP contribution >= 0.6 is 12.0 Å². The Morgan fingerprint density at radius 1 is 1.21 bits per heavy atom. The van der Waals surface area contributed by atoms with Gasteiger partial charge < -0.3 is 21.1 Å². The van der Waals surface area contributed by atoms with Crippen LogP contribution in [0.15, 0.2) is 17.0 Å². The van der Waals surface area contributed by atoms with Gasteiger partial charge in [-0.25, -0.2) is 0 Å². The molecule has 0 aliphatic rings. The Balaban J connectivity index is 0.000000500. The Labute approximate surface area is 83.7 Å². The number of aromatic hydroxyl groups is 1. The second-order valence-corrected chi connectivity index (χ2v) is 2.78. The van der Waals surface area contributed by atoms with Crippen LogP contribution in [-0.2, 0) is 9.59 Å². The second kappa shape index (κ2) is 5.87. The molecule has 0 radical (unpaired) electrons. The average molecular weight is 216 g/mol. The number of hydrogen-bond donors (Lipinski definition) is 4. The predicted molar refractivity (Wildman–Crippen MR) is 50.4 cm³/mol. The van der Waals surface area contributed by atoms with Gasteiger partial charge in [0.2, 0.25) is 0 Å². The molecular weight excluding hydrogens is 208 g/mol. The maximum absolute atomic E-state index is 9.09. The van der Waals surface area contributed by atoms with Crippen LogP contribution in [0.1, 0.15) is 0 Å². The number of phenols is 1. The van der Waals surface area contributed by atoms with Crippen LogP contribution in [0.4, 0.5) is 11.4 Å². The molecular formula is C7H8N2O4S. The third-order valence-electron chi connectivity index (χ3n) is 1.25. The number of phenolic OH excluding ortho intramolecular Hbond substituents is 1. The molecule has 0 amide bonds. The lowest BCUT2D eigenvalue weighted by atomic mass is 10.2. The molecule has 0 spiro atoms. The summed E-state index contributed by atoms with van der Waals surface area (Å²) in [5.74, 6) is -0.136. The first kappa shape index (κ1) is 12.3. The molecule has 1 rings (SSSR count). The summed E-state index contributed by atoms with van der Waals surface area (Å²) in [6.45, 7) is 0. The standard InChI is InChI=1S/C6H8N2O2S.CO2/c7-4-1-3(11-10)2-5(8)6(4)9;2-1-3/h1-2,9-10H,7-8H2;. The summed E-state index contributed by atoms with van der Waals surface area (Å²) in [4.78, 5) is 16.8. The van der Waals surface area contributed by atoms with Gasteiger partial charge in [0, 0.05) is 16.9 Å². The molecule has 0 aliphatic heterocycles. The van der Waals surface area contributed by atoms with E-state index in [-0.39, 0.29) is 23.3 Å². The fourth-order valence-electron chi connectivity index (χ4n) is 0.704. The molecule has 1 aromatic carbocycles. The number of carbonyl (C=O) groups excluding carboxylic acids is 2. The summed E-state index contributed by atoms with van der Waals surface area (Å²) in [5, 5.41) is 9.09. The van der Waals surface area contributed by atoms with E-state index in [0.29, 0.717) is 16.9 Å². The fourth-order valence-corrected chi connectivity index (χ4v) is 1.06. The molecule has 0 atom stereocenters. The molecule has 76 valence electrons. The smallest absolute Gasteiger partial charge is 0.373 e. The number of nitrogens with two attached hydrogens (primary N) is 2. The Kier molecular flexibility index (Phi) is 5.16. The van der Waals surface area contributed by atoms with Gasteiger partial charge in [-0.15, -0.1) is 0 Å². The molecule has 0 unspecified atom stereocenters. The molecule has 0 heterocycles. The van der Waals surface area contributed by atoms with Crippen molar-refractivity contribution in [2.24, 2.45) is 0 Å². The minimum Gasteiger partial charge on any atom is -0.504 e. The molecule has 0 aliphatic carbocycles. The van der Waals surface area contributed by atoms with Crippen LogP contribution in [-0.4, -0.2) is 15.8 Å². The van der Waals surface area contributed by atoms with Gasteiger partial charge in [-0.3, -0.25) is 0 Å². The Morgan fingerprint density at radius 3 is 1.86 bits per heavy atom. The van der Waals surface area contributed by atoms with Gasteiger partial charge in [-0.2, -0.15) is 9.59 Å². The summed E-state index contributed by atoms with van der Waals surface area (Å²) in [5.41, 5.74) is 11.0. The first-order valence-corrected chi connectivity index (χ1v) is 4.02. The summed E-state index contributed by atoms with van der Waals surface area (Å²) in [6.07, 6.45) is 0.250. The fraction of sp³-hybridized carbons (Fsp3) is 0. The van der Waals surface area contributed by atoms with Gasteiger partial charge >= 0.3 is 6.15 Å². The number of benzene rings is 1. The topological polar surface area (TPSA) is 127 Å². The lowest BCUT2D eigenvalue weighted by Gasteiger charge is -2.03. The van der Waals surface area contributed by atoms with Gasteiger partial charge in [0.05, 0.1) is 11.4 Å². The molecule has 6 N–H and O–H groups in total. The third-order valence-corrected chi connectivity index (χ3v) is 1.69. The Hall–Kier alpha value is -1.69. The van der Waals surface area contributed by atoms with E-state index in [1.54, 1.807) is 0 Å². The highest BCUT2D eigenvalue weighted by Gasteiger charge is 2.03. The lowest BCUT2D eigenvalue weighted by Crippen LogP contribution is -1.92. The second-order valence-electron chi connectivity index (χ2n) is 2.12. The van der Waals surface area contributed by atoms with Crippen LogP contribution in [0.5, 0.6) is 5.75 Å². The number of anilines is 2. The molecule has 0 aromatic heterocycles. The predicted octanol–water partition coefficient (Wildman–Crippen LogP) is 0.538. The number of hydrogen-bond acceptors (Lipinski definition) is 7. The summed E-state index contributed by atoms with van der Waals surface area (Å²) in [7, 11) is 0. The van der Waals surface area contributed by atoms with E-state index < -0.39 is 0 Å². The van der Waals surface area contributed by atoms with E-state index in [2.05, 4.69) is 0 Å². The van der Waals surface area contributed by atoms with Crippen LogP contribution in [0.2, 0.25) is 0 Å². The molecule has 0 fully saturated rings. The minimum atomic E-state index is -0.136. The van der Waals surface area contributed by atoms with Crippen molar-refractivity contribution < 1.29 is 19.2 Å². The van der Waals surface area contributed by atoms with Crippen LogP contribution in [0.25, 0.3) is 0 Å². The minimum absolute atomic E-state index is 0.136. The van der Waals surface area contributed by atoms with Crippen LogP contribution in [0, 0.1) is 0 Å². The van der Waals surface area contributed by atoms with E-state index in [1.807, 2.05) is 0 Å². The van der Waals surface area contributed by atoms with E-state index in [1.165, 1.54) is 12.1 Å². The molecule has 14 heavy (non-hydrogen) atoms. The average Bonchev–Trinajstić information content (AvgIpc) is 2.14. The van der Waals surface area contributed by atoms with E-state index in [4.69, 9.17) is 30.7 Å². The Bertz CT molecular complexity index is 327. The number of rotatable bonds is 1. The maximum atomic E-state index is 9.09. The van der Waals surface area contributed by atoms with Crippen molar-refractivity contribution in [1.29, 1.82) is 0 Å². The van der Waals surface area contributed by atoms with Gasteiger partial charge in [0.25, 0.3) is 0 Å². The van der Waals surface area contributed by atoms with E-state index in [0.717, 1.165) is 0 Å². The van der Waals surface area contributed by atoms with Crippen LogP contribution in [0.3, 0.4) is 0 Å². The zero-order chi connectivity index (χ0) is 11.1. The maximum Gasteiger partial charge on any atom is 0.373 e. The largest absolute Gasteiger partial charge is 0.504 e. The van der Waals surface area contributed by atoms with Gasteiger partial charge in [0.15, 0.2) is 5.75 Å². The van der Waals surface area contributed by atoms with Gasteiger partial charge in [0.1, 0.15) is 0 Å². The molecule has 1 aromatic rings. The van der Waals surface area contributed by atoms with Crippen molar-refractivity contribution in [3.63, 3.8) is 0 Å². The molecule has 7 heteroatoms. The monoisotopic (exact) mass is 216 g/mol. The SMILES string of the molecule is Nc1cc(SO)cc(N)c1O.O=C=O. The van der Waals surface area contributed by atoms with Gasteiger partial charge in [-0.1, -0.05) is 0 Å².